The average Bonchev–Trinajstić information content (AvgIpc) is 2.39. The average molecular weight is 227 g/mol. The molecule has 2 aromatic rings. The van der Waals surface area contributed by atoms with Gasteiger partial charge in [-0.15, -0.1) is 0 Å². The predicted molar refractivity (Wildman–Crippen MR) is 65.4 cm³/mol. The van der Waals surface area contributed by atoms with Gasteiger partial charge in [0.2, 0.25) is 5.88 Å². The highest BCUT2D eigenvalue weighted by Crippen LogP contribution is 2.16. The van der Waals surface area contributed by atoms with Gasteiger partial charge >= 0.3 is 0 Å². The van der Waals surface area contributed by atoms with Gasteiger partial charge in [0.25, 0.3) is 0 Å². The Kier molecular flexibility index (Phi) is 3.19. The lowest BCUT2D eigenvalue weighted by atomic mass is 10.0. The fraction of sp³-hybridized carbons (Fsp3) is 0.143. The number of ether oxygens (including phenoxy) is 1. The highest BCUT2D eigenvalue weighted by Gasteiger charge is 2.12. The number of hydrogen-bond acceptors (Lipinski definition) is 3. The first-order valence-electron chi connectivity index (χ1n) is 5.34. The number of nitrogens with zero attached hydrogens (tertiary/aromatic N) is 1. The molecule has 3 heteroatoms. The van der Waals surface area contributed by atoms with Gasteiger partial charge in [0.1, 0.15) is 0 Å². The minimum absolute atomic E-state index is 0.0155. The summed E-state index contributed by atoms with van der Waals surface area (Å²) in [5, 5.41) is 0. The number of aromatic nitrogens is 1. The van der Waals surface area contributed by atoms with Crippen molar-refractivity contribution in [2.45, 2.75) is 6.92 Å². The Morgan fingerprint density at radius 1 is 1.12 bits per heavy atom. The maximum atomic E-state index is 12.2. The zero-order valence-electron chi connectivity index (χ0n) is 9.81. The summed E-state index contributed by atoms with van der Waals surface area (Å²) in [6.45, 7) is 1.80. The molecule has 1 aromatic heterocycles. The van der Waals surface area contributed by atoms with Gasteiger partial charge in [0, 0.05) is 17.2 Å². The van der Waals surface area contributed by atoms with Crippen LogP contribution in [0.25, 0.3) is 0 Å². The Balaban J connectivity index is 2.38. The third-order valence-electron chi connectivity index (χ3n) is 2.55. The number of pyridine rings is 1. The molecule has 0 fully saturated rings. The molecule has 0 aliphatic carbocycles. The second-order valence-electron chi connectivity index (χ2n) is 3.68. The molecule has 3 nitrogen and oxygen atoms in total. The van der Waals surface area contributed by atoms with Crippen molar-refractivity contribution >= 4 is 5.78 Å². The van der Waals surface area contributed by atoms with Crippen LogP contribution in [0.15, 0.2) is 42.5 Å². The summed E-state index contributed by atoms with van der Waals surface area (Å²) < 4.78 is 5.01. The quantitative estimate of drug-likeness (QED) is 0.757. The molecule has 0 bridgehead atoms. The van der Waals surface area contributed by atoms with E-state index >= 15 is 0 Å². The first kappa shape index (κ1) is 11.3. The first-order valence-corrected chi connectivity index (χ1v) is 5.34. The third kappa shape index (κ3) is 2.33. The van der Waals surface area contributed by atoms with Crippen molar-refractivity contribution in [2.75, 3.05) is 7.11 Å². The smallest absolute Gasteiger partial charge is 0.213 e. The lowest BCUT2D eigenvalue weighted by Crippen LogP contribution is -2.05. The molecule has 0 saturated heterocycles. The maximum absolute atomic E-state index is 12.2. The van der Waals surface area contributed by atoms with E-state index in [1.807, 2.05) is 18.2 Å². The van der Waals surface area contributed by atoms with Crippen LogP contribution in [-0.4, -0.2) is 17.9 Å². The van der Waals surface area contributed by atoms with E-state index in [0.29, 0.717) is 22.7 Å². The van der Waals surface area contributed by atoms with Gasteiger partial charge in [-0.3, -0.25) is 4.79 Å². The highest BCUT2D eigenvalue weighted by molar-refractivity contribution is 6.09. The summed E-state index contributed by atoms with van der Waals surface area (Å²) in [5.41, 5.74) is 1.96. The maximum Gasteiger partial charge on any atom is 0.213 e. The van der Waals surface area contributed by atoms with E-state index in [2.05, 4.69) is 4.98 Å². The van der Waals surface area contributed by atoms with Crippen LogP contribution in [0.1, 0.15) is 21.6 Å². The molecule has 0 unspecified atom stereocenters. The summed E-state index contributed by atoms with van der Waals surface area (Å²) in [7, 11) is 1.56. The molecule has 86 valence electrons. The van der Waals surface area contributed by atoms with E-state index in [1.54, 1.807) is 38.3 Å². The van der Waals surface area contributed by atoms with Crippen molar-refractivity contribution in [3.05, 3.63) is 59.3 Å². The van der Waals surface area contributed by atoms with Crippen LogP contribution in [-0.2, 0) is 0 Å². The molecule has 0 N–H and O–H groups in total. The van der Waals surface area contributed by atoms with Crippen molar-refractivity contribution in [1.82, 2.24) is 4.98 Å². The van der Waals surface area contributed by atoms with E-state index in [0.717, 1.165) is 0 Å². The molecule has 2 rings (SSSR count). The minimum Gasteiger partial charge on any atom is -0.481 e. The predicted octanol–water partition coefficient (Wildman–Crippen LogP) is 2.63. The Labute approximate surface area is 100 Å². The van der Waals surface area contributed by atoms with Crippen LogP contribution in [0, 0.1) is 6.92 Å². The monoisotopic (exact) mass is 227 g/mol. The van der Waals surface area contributed by atoms with Gasteiger partial charge in [-0.1, -0.05) is 30.3 Å². The molecule has 0 aliphatic rings. The normalized spacial score (nSPS) is 10.0. The summed E-state index contributed by atoms with van der Waals surface area (Å²) in [4.78, 5) is 16.4. The van der Waals surface area contributed by atoms with Crippen molar-refractivity contribution in [2.24, 2.45) is 0 Å². The number of hydrogen-bond donors (Lipinski definition) is 0. The lowest BCUT2D eigenvalue weighted by molar-refractivity contribution is 0.103. The van der Waals surface area contributed by atoms with Crippen molar-refractivity contribution in [3.8, 4) is 5.88 Å². The Bertz CT molecular complexity index is 535. The molecule has 1 aromatic carbocycles. The topological polar surface area (TPSA) is 39.2 Å². The molecule has 0 spiro atoms. The zero-order chi connectivity index (χ0) is 12.3. The summed E-state index contributed by atoms with van der Waals surface area (Å²) in [6.07, 6.45) is 0. The molecule has 0 radical (unpaired) electrons. The van der Waals surface area contributed by atoms with Gasteiger partial charge in [0.05, 0.1) is 12.8 Å². The van der Waals surface area contributed by atoms with Gasteiger partial charge in [-0.2, -0.15) is 0 Å². The highest BCUT2D eigenvalue weighted by atomic mass is 16.5. The van der Waals surface area contributed by atoms with Crippen molar-refractivity contribution in [3.63, 3.8) is 0 Å². The number of carbonyl (C=O) groups excluding carboxylic acids is 1. The third-order valence-corrected chi connectivity index (χ3v) is 2.55. The van der Waals surface area contributed by atoms with Gasteiger partial charge in [0.15, 0.2) is 5.78 Å². The number of benzene rings is 1. The minimum atomic E-state index is -0.0155. The number of ketones is 1. The van der Waals surface area contributed by atoms with E-state index in [-0.39, 0.29) is 5.78 Å². The van der Waals surface area contributed by atoms with Gasteiger partial charge in [-0.25, -0.2) is 4.98 Å². The van der Waals surface area contributed by atoms with Gasteiger partial charge in [-0.05, 0) is 13.0 Å². The molecule has 1 heterocycles. The van der Waals surface area contributed by atoms with Gasteiger partial charge < -0.3 is 4.74 Å². The molecule has 17 heavy (non-hydrogen) atoms. The van der Waals surface area contributed by atoms with Crippen LogP contribution in [0.4, 0.5) is 0 Å². The Hall–Kier alpha value is -2.16. The number of rotatable bonds is 3. The molecular weight excluding hydrogens is 214 g/mol. The molecule has 0 amide bonds. The Morgan fingerprint density at radius 2 is 1.82 bits per heavy atom. The fourth-order valence-electron chi connectivity index (χ4n) is 1.64. The fourth-order valence-corrected chi connectivity index (χ4v) is 1.64. The zero-order valence-corrected chi connectivity index (χ0v) is 9.81. The van der Waals surface area contributed by atoms with Crippen molar-refractivity contribution in [1.29, 1.82) is 0 Å². The Morgan fingerprint density at radius 3 is 2.41 bits per heavy atom. The van der Waals surface area contributed by atoms with Crippen LogP contribution in [0.5, 0.6) is 5.88 Å². The van der Waals surface area contributed by atoms with E-state index in [1.165, 1.54) is 0 Å². The van der Waals surface area contributed by atoms with E-state index < -0.39 is 0 Å². The lowest BCUT2D eigenvalue weighted by Gasteiger charge is -2.06. The standard InChI is InChI=1S/C14H13NO2/c1-10-12(8-9-13(15-10)17-2)14(16)11-6-4-3-5-7-11/h3-9H,1-2H3. The van der Waals surface area contributed by atoms with Crippen LogP contribution in [0.3, 0.4) is 0 Å². The van der Waals surface area contributed by atoms with E-state index in [4.69, 9.17) is 4.74 Å². The number of aryl methyl sites for hydroxylation is 1. The number of carbonyl (C=O) groups is 1. The number of methoxy groups -OCH3 is 1. The summed E-state index contributed by atoms with van der Waals surface area (Å²) in [6, 6.07) is 12.6. The molecular formula is C14H13NO2. The second-order valence-corrected chi connectivity index (χ2v) is 3.68. The molecule has 0 aliphatic heterocycles. The van der Waals surface area contributed by atoms with Crippen LogP contribution in [0.2, 0.25) is 0 Å². The van der Waals surface area contributed by atoms with E-state index in [9.17, 15) is 4.79 Å². The summed E-state index contributed by atoms with van der Waals surface area (Å²) >= 11 is 0. The van der Waals surface area contributed by atoms with Crippen LogP contribution < -0.4 is 4.74 Å². The molecule has 0 atom stereocenters. The summed E-state index contributed by atoms with van der Waals surface area (Å²) in [5.74, 6) is 0.505. The van der Waals surface area contributed by atoms with Crippen molar-refractivity contribution < 1.29 is 9.53 Å². The molecule has 0 saturated carbocycles. The first-order chi connectivity index (χ1) is 8.22. The second kappa shape index (κ2) is 4.78. The SMILES string of the molecule is COc1ccc(C(=O)c2ccccc2)c(C)n1. The van der Waals surface area contributed by atoms with Crippen LogP contribution >= 0.6 is 0 Å². The largest absolute Gasteiger partial charge is 0.481 e.